The molecule has 1 saturated carbocycles. The Morgan fingerprint density at radius 2 is 1.80 bits per heavy atom. The van der Waals surface area contributed by atoms with E-state index in [1.165, 1.54) is 30.6 Å². The lowest BCUT2D eigenvalue weighted by molar-refractivity contribution is -0.133. The van der Waals surface area contributed by atoms with E-state index in [0.717, 1.165) is 41.7 Å². The Bertz CT molecular complexity index is 1220. The van der Waals surface area contributed by atoms with Crippen molar-refractivity contribution in [1.29, 1.82) is 0 Å². The van der Waals surface area contributed by atoms with Crippen LogP contribution in [0.4, 0.5) is 9.80 Å². The molecule has 41 heavy (non-hydrogen) atoms. The van der Waals surface area contributed by atoms with Gasteiger partial charge in [0.1, 0.15) is 5.00 Å². The van der Waals surface area contributed by atoms with Crippen molar-refractivity contribution in [1.82, 2.24) is 4.90 Å². The highest BCUT2D eigenvalue weighted by atomic mass is 32.2. The predicted octanol–water partition coefficient (Wildman–Crippen LogP) is 7.24. The number of benzene rings is 1. The lowest BCUT2D eigenvalue weighted by Gasteiger charge is -2.27. The minimum Gasteiger partial charge on any atom is -0.453 e. The monoisotopic (exact) mass is 606 g/mol. The number of unbranched alkanes of at least 4 members (excludes halogenated alkanes) is 1. The molecule has 0 atom stereocenters. The molecule has 0 unspecified atom stereocenters. The van der Waals surface area contributed by atoms with Crippen molar-refractivity contribution in [2.24, 2.45) is 11.8 Å². The van der Waals surface area contributed by atoms with Crippen molar-refractivity contribution in [3.63, 3.8) is 0 Å². The maximum absolute atomic E-state index is 13.2. The molecular formula is C31H46N2O6S2. The van der Waals surface area contributed by atoms with E-state index in [0.29, 0.717) is 54.9 Å². The minimum atomic E-state index is -4.35. The standard InChI is InChI=1S/C31H46N2O6S2/c1-5-6-17-39-31(35)41(36,37)32-30-28(21-27(40-30)19-23(2)3)26-14-12-25(13-15-26)22-33(16-18-38-4)29(34)20-24-10-8-7-9-11-24/h12-15,21,23-24,32H,5-11,16-20,22H2,1-4H3. The SMILES string of the molecule is CCCCOC(=O)S(=O)(=O)Nc1sc(CC(C)C)cc1-c1ccc(CN(CCOC)C(=O)CC2CCCCC2)cc1. The summed E-state index contributed by atoms with van der Waals surface area (Å²) in [6, 6.07) is 9.81. The van der Waals surface area contributed by atoms with Crippen LogP contribution in [0.1, 0.15) is 82.6 Å². The van der Waals surface area contributed by atoms with Crippen molar-refractivity contribution >= 4 is 37.6 Å². The van der Waals surface area contributed by atoms with Gasteiger partial charge in [0.2, 0.25) is 5.91 Å². The van der Waals surface area contributed by atoms with Gasteiger partial charge in [-0.05, 0) is 54.7 Å². The molecule has 10 heteroatoms. The highest BCUT2D eigenvalue weighted by Gasteiger charge is 2.27. The van der Waals surface area contributed by atoms with Gasteiger partial charge in [-0.1, -0.05) is 70.7 Å². The van der Waals surface area contributed by atoms with Crippen LogP contribution < -0.4 is 4.72 Å². The minimum absolute atomic E-state index is 0.0676. The van der Waals surface area contributed by atoms with E-state index >= 15 is 0 Å². The van der Waals surface area contributed by atoms with Crippen LogP contribution in [-0.2, 0) is 37.3 Å². The summed E-state index contributed by atoms with van der Waals surface area (Å²) < 4.78 is 38.2. The number of sulfonamides is 1. The van der Waals surface area contributed by atoms with Crippen molar-refractivity contribution in [3.05, 3.63) is 40.8 Å². The fourth-order valence-corrected chi connectivity index (χ4v) is 7.36. The number of hydrogen-bond acceptors (Lipinski definition) is 7. The Morgan fingerprint density at radius 3 is 2.44 bits per heavy atom. The maximum Gasteiger partial charge on any atom is 0.445 e. The summed E-state index contributed by atoms with van der Waals surface area (Å²) in [5, 5.41) is -0.870. The van der Waals surface area contributed by atoms with E-state index in [4.69, 9.17) is 9.47 Å². The summed E-state index contributed by atoms with van der Waals surface area (Å²) in [6.07, 6.45) is 8.69. The molecule has 2 aromatic rings. The third-order valence-electron chi connectivity index (χ3n) is 7.30. The summed E-state index contributed by atoms with van der Waals surface area (Å²) in [5.74, 6) is 1.02. The van der Waals surface area contributed by atoms with E-state index < -0.39 is 15.3 Å². The molecule has 228 valence electrons. The lowest BCUT2D eigenvalue weighted by Crippen LogP contribution is -2.34. The number of thiophene rings is 1. The highest BCUT2D eigenvalue weighted by Crippen LogP contribution is 2.38. The number of carbonyl (C=O) groups excluding carboxylic acids is 2. The van der Waals surface area contributed by atoms with Crippen LogP contribution in [0, 0.1) is 11.8 Å². The zero-order valence-corrected chi connectivity index (χ0v) is 26.6. The molecule has 1 aliphatic rings. The predicted molar refractivity (Wildman–Crippen MR) is 166 cm³/mol. The average Bonchev–Trinajstić information content (AvgIpc) is 3.32. The molecule has 1 heterocycles. The van der Waals surface area contributed by atoms with Gasteiger partial charge in [-0.15, -0.1) is 11.3 Å². The van der Waals surface area contributed by atoms with Gasteiger partial charge in [-0.3, -0.25) is 9.52 Å². The molecular weight excluding hydrogens is 560 g/mol. The summed E-state index contributed by atoms with van der Waals surface area (Å²) in [4.78, 5) is 28.4. The van der Waals surface area contributed by atoms with Gasteiger partial charge >= 0.3 is 15.3 Å². The highest BCUT2D eigenvalue weighted by molar-refractivity contribution is 8.07. The number of amides is 1. The van der Waals surface area contributed by atoms with Crippen molar-refractivity contribution in [2.45, 2.75) is 85.1 Å². The molecule has 8 nitrogen and oxygen atoms in total. The largest absolute Gasteiger partial charge is 0.453 e. The first-order chi connectivity index (χ1) is 19.6. The number of hydrogen-bond donors (Lipinski definition) is 1. The number of carbonyl (C=O) groups is 2. The molecule has 1 aromatic carbocycles. The van der Waals surface area contributed by atoms with Gasteiger partial charge in [0.25, 0.3) is 0 Å². The Balaban J connectivity index is 1.78. The molecule has 0 saturated heterocycles. The Hall–Kier alpha value is -2.43. The summed E-state index contributed by atoms with van der Waals surface area (Å²) >= 11 is 1.33. The van der Waals surface area contributed by atoms with E-state index in [9.17, 15) is 18.0 Å². The Morgan fingerprint density at radius 1 is 1.10 bits per heavy atom. The number of nitrogens with zero attached hydrogens (tertiary/aromatic N) is 1. The fourth-order valence-electron chi connectivity index (χ4n) is 5.05. The molecule has 1 amide bonds. The zero-order valence-electron chi connectivity index (χ0n) is 24.9. The first-order valence-corrected chi connectivity index (χ1v) is 17.1. The topological polar surface area (TPSA) is 102 Å². The van der Waals surface area contributed by atoms with Gasteiger partial charge < -0.3 is 14.4 Å². The zero-order chi connectivity index (χ0) is 29.8. The second-order valence-electron chi connectivity index (χ2n) is 11.3. The van der Waals surface area contributed by atoms with E-state index in [1.807, 2.05) is 42.2 Å². The lowest BCUT2D eigenvalue weighted by atomic mass is 9.86. The second kappa shape index (κ2) is 16.3. The number of rotatable bonds is 15. The van der Waals surface area contributed by atoms with Crippen LogP contribution in [0.15, 0.2) is 30.3 Å². The van der Waals surface area contributed by atoms with Crippen LogP contribution in [0.5, 0.6) is 0 Å². The molecule has 0 spiro atoms. The van der Waals surface area contributed by atoms with Crippen LogP contribution in [0.2, 0.25) is 0 Å². The molecule has 1 aliphatic carbocycles. The molecule has 0 aliphatic heterocycles. The number of ether oxygens (including phenoxy) is 2. The molecule has 0 bridgehead atoms. The number of anilines is 1. The van der Waals surface area contributed by atoms with Gasteiger partial charge in [-0.2, -0.15) is 8.42 Å². The van der Waals surface area contributed by atoms with E-state index in [-0.39, 0.29) is 12.5 Å². The summed E-state index contributed by atoms with van der Waals surface area (Å²) in [5.41, 5.74) is 2.53. The third-order valence-corrected chi connectivity index (χ3v) is 9.53. The van der Waals surface area contributed by atoms with E-state index in [1.54, 1.807) is 7.11 Å². The maximum atomic E-state index is 13.2. The van der Waals surface area contributed by atoms with Crippen LogP contribution in [0.25, 0.3) is 11.1 Å². The van der Waals surface area contributed by atoms with Gasteiger partial charge in [0.15, 0.2) is 0 Å². The molecule has 0 radical (unpaired) electrons. The third kappa shape index (κ3) is 10.4. The molecule has 1 aromatic heterocycles. The smallest absolute Gasteiger partial charge is 0.445 e. The summed E-state index contributed by atoms with van der Waals surface area (Å²) in [7, 11) is -2.71. The average molecular weight is 607 g/mol. The van der Waals surface area contributed by atoms with Gasteiger partial charge in [-0.25, -0.2) is 4.79 Å². The molecule has 1 fully saturated rings. The van der Waals surface area contributed by atoms with Crippen molar-refractivity contribution < 1.29 is 27.5 Å². The first kappa shape index (κ1) is 33.1. The fraction of sp³-hybridized carbons (Fsp3) is 0.613. The van der Waals surface area contributed by atoms with Crippen molar-refractivity contribution in [3.8, 4) is 11.1 Å². The second-order valence-corrected chi connectivity index (χ2v) is 14.0. The van der Waals surface area contributed by atoms with Crippen LogP contribution in [-0.4, -0.2) is 51.4 Å². The Kier molecular flexibility index (Phi) is 13.1. The van der Waals surface area contributed by atoms with Crippen LogP contribution in [0.3, 0.4) is 0 Å². The molecule has 3 rings (SSSR count). The van der Waals surface area contributed by atoms with Gasteiger partial charge in [0.05, 0.1) is 13.2 Å². The Labute approximate surface area is 249 Å². The quantitative estimate of drug-likeness (QED) is 0.169. The number of methoxy groups -OCH3 is 1. The van der Waals surface area contributed by atoms with Crippen molar-refractivity contribution in [2.75, 3.05) is 31.6 Å². The molecule has 1 N–H and O–H groups in total. The normalized spacial score (nSPS) is 14.3. The number of nitrogens with one attached hydrogen (secondary N) is 1. The van der Waals surface area contributed by atoms with E-state index in [2.05, 4.69) is 18.6 Å². The first-order valence-electron chi connectivity index (χ1n) is 14.8. The summed E-state index contributed by atoms with van der Waals surface area (Å²) in [6.45, 7) is 7.72. The van der Waals surface area contributed by atoms with Gasteiger partial charge in [0, 0.05) is 37.1 Å². The van der Waals surface area contributed by atoms with Crippen LogP contribution >= 0.6 is 11.3 Å².